The highest BCUT2D eigenvalue weighted by Gasteiger charge is 2.40. The zero-order valence-corrected chi connectivity index (χ0v) is 15.5. The van der Waals surface area contributed by atoms with Crippen LogP contribution < -0.4 is 0 Å². The Hall–Kier alpha value is -0.0431. The zero-order chi connectivity index (χ0) is 14.7. The average Bonchev–Trinajstić information content (AvgIpc) is 2.14. The number of rotatable bonds is 5. The first-order valence-electron chi connectivity index (χ1n) is 7.65. The first kappa shape index (κ1) is 18.0. The molecule has 0 rings (SSSR count). The molecule has 108 valence electrons. The SMILES string of the molecule is CC(/C=C/[Si](C(C)C)(C(C)C)C(C)C)C(C)(C)C. The third-order valence-corrected chi connectivity index (χ3v) is 11.8. The molecule has 18 heavy (non-hydrogen) atoms. The van der Waals surface area contributed by atoms with Gasteiger partial charge in [0.15, 0.2) is 0 Å². The summed E-state index contributed by atoms with van der Waals surface area (Å²) in [7, 11) is -1.35. The van der Waals surface area contributed by atoms with Gasteiger partial charge in [-0.15, -0.1) is 0 Å². The van der Waals surface area contributed by atoms with Crippen LogP contribution >= 0.6 is 0 Å². The zero-order valence-electron chi connectivity index (χ0n) is 14.5. The predicted molar refractivity (Wildman–Crippen MR) is 88.8 cm³/mol. The van der Waals surface area contributed by atoms with Gasteiger partial charge in [-0.3, -0.25) is 0 Å². The Morgan fingerprint density at radius 2 is 1.06 bits per heavy atom. The van der Waals surface area contributed by atoms with E-state index < -0.39 is 8.07 Å². The van der Waals surface area contributed by atoms with Crippen LogP contribution in [0.5, 0.6) is 0 Å². The van der Waals surface area contributed by atoms with E-state index >= 15 is 0 Å². The summed E-state index contributed by atoms with van der Waals surface area (Å²) in [4.78, 5) is 0. The van der Waals surface area contributed by atoms with Gasteiger partial charge in [0.2, 0.25) is 0 Å². The van der Waals surface area contributed by atoms with Gasteiger partial charge < -0.3 is 0 Å². The van der Waals surface area contributed by atoms with Crippen LogP contribution in [0, 0.1) is 11.3 Å². The maximum atomic E-state index is 2.67. The van der Waals surface area contributed by atoms with Gasteiger partial charge in [-0.25, -0.2) is 0 Å². The van der Waals surface area contributed by atoms with E-state index in [4.69, 9.17) is 0 Å². The molecule has 0 radical (unpaired) electrons. The summed E-state index contributed by atoms with van der Waals surface area (Å²) >= 11 is 0. The quantitative estimate of drug-likeness (QED) is 0.503. The van der Waals surface area contributed by atoms with E-state index in [0.717, 1.165) is 16.6 Å². The van der Waals surface area contributed by atoms with Gasteiger partial charge in [0.1, 0.15) is 0 Å². The van der Waals surface area contributed by atoms with Crippen LogP contribution in [-0.2, 0) is 0 Å². The lowest BCUT2D eigenvalue weighted by Crippen LogP contribution is -2.42. The number of hydrogen-bond acceptors (Lipinski definition) is 0. The van der Waals surface area contributed by atoms with Gasteiger partial charge in [-0.05, 0) is 28.0 Å². The fourth-order valence-electron chi connectivity index (χ4n) is 3.18. The van der Waals surface area contributed by atoms with Crippen molar-refractivity contribution in [1.82, 2.24) is 0 Å². The van der Waals surface area contributed by atoms with Gasteiger partial charge in [-0.1, -0.05) is 81.0 Å². The van der Waals surface area contributed by atoms with E-state index in [9.17, 15) is 0 Å². The van der Waals surface area contributed by atoms with Crippen molar-refractivity contribution >= 4 is 8.07 Å². The van der Waals surface area contributed by atoms with Crippen LogP contribution in [-0.4, -0.2) is 8.07 Å². The summed E-state index contributed by atoms with van der Waals surface area (Å²) in [6, 6.07) is 0. The maximum absolute atomic E-state index is 2.67. The third-order valence-electron chi connectivity index (χ3n) is 5.04. The van der Waals surface area contributed by atoms with E-state index in [0.29, 0.717) is 11.3 Å². The van der Waals surface area contributed by atoms with Crippen molar-refractivity contribution in [1.29, 1.82) is 0 Å². The van der Waals surface area contributed by atoms with Crippen molar-refractivity contribution in [3.8, 4) is 0 Å². The van der Waals surface area contributed by atoms with Gasteiger partial charge in [-0.2, -0.15) is 0 Å². The molecule has 0 saturated carbocycles. The molecular weight excluding hydrogens is 232 g/mol. The Bertz CT molecular complexity index is 244. The first-order valence-corrected chi connectivity index (χ1v) is 9.96. The molecule has 0 spiro atoms. The molecule has 0 N–H and O–H groups in total. The van der Waals surface area contributed by atoms with Crippen molar-refractivity contribution in [2.24, 2.45) is 11.3 Å². The molecule has 1 atom stereocenters. The summed E-state index contributed by atoms with van der Waals surface area (Å²) in [5, 5.41) is 0. The number of hydrogen-bond donors (Lipinski definition) is 0. The highest BCUT2D eigenvalue weighted by molar-refractivity contribution is 6.87. The van der Waals surface area contributed by atoms with Crippen LogP contribution in [0.25, 0.3) is 0 Å². The second-order valence-electron chi connectivity index (χ2n) is 7.98. The van der Waals surface area contributed by atoms with Crippen LogP contribution in [0.3, 0.4) is 0 Å². The fraction of sp³-hybridized carbons (Fsp3) is 0.882. The van der Waals surface area contributed by atoms with Crippen LogP contribution in [0.2, 0.25) is 16.6 Å². The molecule has 0 aliphatic heterocycles. The van der Waals surface area contributed by atoms with Crippen molar-refractivity contribution in [3.63, 3.8) is 0 Å². The normalized spacial score (nSPS) is 16.3. The summed E-state index contributed by atoms with van der Waals surface area (Å²) in [6.45, 7) is 23.9. The molecule has 0 fully saturated rings. The Morgan fingerprint density at radius 1 is 0.722 bits per heavy atom. The predicted octanol–water partition coefficient (Wildman–Crippen LogP) is 6.44. The van der Waals surface area contributed by atoms with Crippen LogP contribution in [0.4, 0.5) is 0 Å². The third kappa shape index (κ3) is 3.98. The molecule has 0 aromatic heterocycles. The standard InChI is InChI=1S/C17H36Si/c1-13(2)18(14(3)4,15(5)6)12-11-16(7)17(8,9)10/h11-16H,1-10H3/b12-11+. The van der Waals surface area contributed by atoms with Crippen molar-refractivity contribution in [2.45, 2.75) is 85.9 Å². The average molecular weight is 269 g/mol. The molecule has 0 saturated heterocycles. The van der Waals surface area contributed by atoms with Gasteiger partial charge in [0, 0.05) is 0 Å². The Balaban J connectivity index is 5.32. The molecule has 0 amide bonds. The summed E-state index contributed by atoms with van der Waals surface area (Å²) < 4.78 is 0. The van der Waals surface area contributed by atoms with Crippen molar-refractivity contribution in [3.05, 3.63) is 11.8 Å². The lowest BCUT2D eigenvalue weighted by atomic mass is 9.82. The van der Waals surface area contributed by atoms with E-state index in [1.54, 1.807) is 0 Å². The largest absolute Gasteiger partial charge is 0.0971 e. The maximum Gasteiger partial charge on any atom is 0.0849 e. The Labute approximate surface area is 117 Å². The minimum atomic E-state index is -1.35. The minimum absolute atomic E-state index is 0.377. The highest BCUT2D eigenvalue weighted by Crippen LogP contribution is 2.43. The first-order chi connectivity index (χ1) is 7.96. The lowest BCUT2D eigenvalue weighted by molar-refractivity contribution is 0.314. The highest BCUT2D eigenvalue weighted by atomic mass is 28.3. The van der Waals surface area contributed by atoms with Gasteiger partial charge in [0.05, 0.1) is 8.07 Å². The second kappa shape index (κ2) is 6.41. The summed E-state index contributed by atoms with van der Waals surface area (Å²) in [5.41, 5.74) is 5.51. The fourth-order valence-corrected chi connectivity index (χ4v) is 8.95. The van der Waals surface area contributed by atoms with Gasteiger partial charge >= 0.3 is 0 Å². The smallest absolute Gasteiger partial charge is 0.0849 e. The van der Waals surface area contributed by atoms with E-state index in [1.165, 1.54) is 0 Å². The Kier molecular flexibility index (Phi) is 6.39. The lowest BCUT2D eigenvalue weighted by Gasteiger charge is -2.41. The second-order valence-corrected chi connectivity index (χ2v) is 13.8. The molecule has 0 bridgehead atoms. The Morgan fingerprint density at radius 3 is 1.28 bits per heavy atom. The van der Waals surface area contributed by atoms with E-state index in [-0.39, 0.29) is 0 Å². The van der Waals surface area contributed by atoms with Crippen molar-refractivity contribution in [2.75, 3.05) is 0 Å². The van der Waals surface area contributed by atoms with Crippen LogP contribution in [0.15, 0.2) is 11.8 Å². The van der Waals surface area contributed by atoms with E-state index in [1.807, 2.05) is 0 Å². The molecule has 0 nitrogen and oxygen atoms in total. The molecule has 1 heteroatoms. The molecule has 0 aliphatic rings. The van der Waals surface area contributed by atoms with Crippen molar-refractivity contribution < 1.29 is 0 Å². The minimum Gasteiger partial charge on any atom is -0.0971 e. The monoisotopic (exact) mass is 268 g/mol. The molecule has 0 aromatic carbocycles. The summed E-state index contributed by atoms with van der Waals surface area (Å²) in [5.74, 6) is 0.653. The number of allylic oxidation sites excluding steroid dienone is 1. The molecule has 1 unspecified atom stereocenters. The van der Waals surface area contributed by atoms with E-state index in [2.05, 4.69) is 81.0 Å². The molecule has 0 aliphatic carbocycles. The molecule has 0 aromatic rings. The molecule has 0 heterocycles. The topological polar surface area (TPSA) is 0 Å². The molecular formula is C17H36Si. The summed E-state index contributed by atoms with van der Waals surface area (Å²) in [6.07, 6.45) is 2.52. The van der Waals surface area contributed by atoms with Crippen LogP contribution in [0.1, 0.15) is 69.2 Å². The van der Waals surface area contributed by atoms with Gasteiger partial charge in [0.25, 0.3) is 0 Å².